The maximum atomic E-state index is 11.9. The number of benzene rings is 1. The second-order valence-electron chi connectivity index (χ2n) is 4.67. The second-order valence-corrected chi connectivity index (χ2v) is 7.03. The van der Waals surface area contributed by atoms with Crippen LogP contribution in [0.25, 0.3) is 0 Å². The van der Waals surface area contributed by atoms with Gasteiger partial charge in [-0.15, -0.1) is 0 Å². The maximum Gasteiger partial charge on any atom is 0.335 e. The molecule has 0 bridgehead atoms. The summed E-state index contributed by atoms with van der Waals surface area (Å²) in [5.74, 6) is -1.51. The normalized spacial score (nSPS) is 12.8. The van der Waals surface area contributed by atoms with Gasteiger partial charge in [0.25, 0.3) is 0 Å². The highest BCUT2D eigenvalue weighted by atomic mass is 32.2. The van der Waals surface area contributed by atoms with E-state index >= 15 is 0 Å². The summed E-state index contributed by atoms with van der Waals surface area (Å²) in [6.45, 7) is 1.57. The van der Waals surface area contributed by atoms with Crippen molar-refractivity contribution in [3.05, 3.63) is 35.4 Å². The molecule has 1 rings (SSSR count). The first-order valence-corrected chi connectivity index (χ1v) is 7.84. The van der Waals surface area contributed by atoms with Crippen molar-refractivity contribution in [2.24, 2.45) is 0 Å². The van der Waals surface area contributed by atoms with Crippen molar-refractivity contribution >= 4 is 21.7 Å². The van der Waals surface area contributed by atoms with Gasteiger partial charge in [0.05, 0.1) is 5.56 Å². The zero-order chi connectivity index (χ0) is 15.5. The second kappa shape index (κ2) is 6.04. The molecular formula is C13H17NO5S. The number of hydrogen-bond donors (Lipinski definition) is 1. The van der Waals surface area contributed by atoms with Gasteiger partial charge < -0.3 is 10.0 Å². The monoisotopic (exact) mass is 299 g/mol. The van der Waals surface area contributed by atoms with Crippen LogP contribution in [0.5, 0.6) is 0 Å². The van der Waals surface area contributed by atoms with E-state index in [0.29, 0.717) is 0 Å². The van der Waals surface area contributed by atoms with E-state index in [4.69, 9.17) is 5.11 Å². The predicted octanol–water partition coefficient (Wildman–Crippen LogP) is 0.776. The Labute approximate surface area is 117 Å². The molecule has 1 aromatic rings. The van der Waals surface area contributed by atoms with E-state index in [-0.39, 0.29) is 12.1 Å². The van der Waals surface area contributed by atoms with E-state index in [9.17, 15) is 18.0 Å². The molecule has 0 heterocycles. The number of rotatable bonds is 5. The van der Waals surface area contributed by atoms with Gasteiger partial charge in [0.1, 0.15) is 5.25 Å². The topological polar surface area (TPSA) is 91.8 Å². The Kier molecular flexibility index (Phi) is 4.88. The van der Waals surface area contributed by atoms with Gasteiger partial charge in [0, 0.05) is 19.8 Å². The van der Waals surface area contributed by atoms with Crippen molar-refractivity contribution in [3.63, 3.8) is 0 Å². The molecule has 20 heavy (non-hydrogen) atoms. The lowest BCUT2D eigenvalue weighted by Gasteiger charge is -2.20. The molecule has 1 N–H and O–H groups in total. The minimum Gasteiger partial charge on any atom is -0.478 e. The van der Waals surface area contributed by atoms with Gasteiger partial charge in [0.2, 0.25) is 5.91 Å². The number of nitrogens with zero attached hydrogens (tertiary/aromatic N) is 1. The summed E-state index contributed by atoms with van der Waals surface area (Å²) in [7, 11) is -1.92. The lowest BCUT2D eigenvalue weighted by molar-refractivity contribution is -0.129. The zero-order valence-corrected chi connectivity index (χ0v) is 12.3. The summed E-state index contributed by atoms with van der Waals surface area (Å²) >= 11 is 0. The SMILES string of the molecule is CC(C(=O)N(C)Cc1ccc(C(=O)O)cc1)S(C)(=O)=O. The first-order chi connectivity index (χ1) is 9.12. The van der Waals surface area contributed by atoms with E-state index < -0.39 is 27.0 Å². The van der Waals surface area contributed by atoms with Crippen LogP contribution in [0.4, 0.5) is 0 Å². The molecule has 0 fully saturated rings. The first kappa shape index (κ1) is 16.2. The fourth-order valence-corrected chi connectivity index (χ4v) is 2.14. The first-order valence-electron chi connectivity index (χ1n) is 5.89. The van der Waals surface area contributed by atoms with Gasteiger partial charge >= 0.3 is 5.97 Å². The third-order valence-electron chi connectivity index (χ3n) is 2.99. The van der Waals surface area contributed by atoms with Crippen LogP contribution in [0, 0.1) is 0 Å². The third kappa shape index (κ3) is 4.06. The highest BCUT2D eigenvalue weighted by Crippen LogP contribution is 2.09. The minimum absolute atomic E-state index is 0.159. The molecule has 110 valence electrons. The van der Waals surface area contributed by atoms with Gasteiger partial charge in [-0.05, 0) is 24.6 Å². The fourth-order valence-electron chi connectivity index (χ4n) is 1.60. The molecule has 0 aliphatic heterocycles. The van der Waals surface area contributed by atoms with Crippen molar-refractivity contribution in [3.8, 4) is 0 Å². The van der Waals surface area contributed by atoms with Crippen molar-refractivity contribution in [1.29, 1.82) is 0 Å². The molecule has 6 nitrogen and oxygen atoms in total. The molecule has 0 aromatic heterocycles. The molecule has 0 aliphatic carbocycles. The third-order valence-corrected chi connectivity index (χ3v) is 4.47. The van der Waals surface area contributed by atoms with Crippen LogP contribution in [0.1, 0.15) is 22.8 Å². The summed E-state index contributed by atoms with van der Waals surface area (Å²) in [4.78, 5) is 23.9. The van der Waals surface area contributed by atoms with E-state index in [2.05, 4.69) is 0 Å². The molecule has 0 spiro atoms. The predicted molar refractivity (Wildman–Crippen MR) is 74.2 cm³/mol. The minimum atomic E-state index is -3.43. The molecule has 1 amide bonds. The van der Waals surface area contributed by atoms with Crippen LogP contribution in [-0.4, -0.2) is 48.9 Å². The van der Waals surface area contributed by atoms with Crippen molar-refractivity contribution in [2.45, 2.75) is 18.7 Å². The summed E-state index contributed by atoms with van der Waals surface area (Å²) < 4.78 is 22.7. The van der Waals surface area contributed by atoms with Crippen LogP contribution in [0.15, 0.2) is 24.3 Å². The van der Waals surface area contributed by atoms with E-state index in [0.717, 1.165) is 11.8 Å². The summed E-state index contributed by atoms with van der Waals surface area (Å²) in [5.41, 5.74) is 0.888. The van der Waals surface area contributed by atoms with Crippen molar-refractivity contribution < 1.29 is 23.1 Å². The number of sulfone groups is 1. The van der Waals surface area contributed by atoms with Crippen LogP contribution in [0.3, 0.4) is 0 Å². The molecule has 1 atom stereocenters. The van der Waals surface area contributed by atoms with E-state index in [1.165, 1.54) is 31.0 Å². The van der Waals surface area contributed by atoms with Gasteiger partial charge in [0.15, 0.2) is 9.84 Å². The maximum absolute atomic E-state index is 11.9. The summed E-state index contributed by atoms with van der Waals surface area (Å²) in [6, 6.07) is 6.07. The standard InChI is InChI=1S/C13H17NO5S/c1-9(20(3,18)19)12(15)14(2)8-10-4-6-11(7-5-10)13(16)17/h4-7,9H,8H2,1-3H3,(H,16,17). The van der Waals surface area contributed by atoms with Crippen molar-refractivity contribution in [1.82, 2.24) is 4.90 Å². The molecule has 0 aliphatic rings. The average molecular weight is 299 g/mol. The molecule has 1 unspecified atom stereocenters. The van der Waals surface area contributed by atoms with Crippen LogP contribution in [0.2, 0.25) is 0 Å². The lowest BCUT2D eigenvalue weighted by atomic mass is 10.1. The smallest absolute Gasteiger partial charge is 0.335 e. The highest BCUT2D eigenvalue weighted by molar-refractivity contribution is 7.92. The Bertz CT molecular complexity index is 606. The summed E-state index contributed by atoms with van der Waals surface area (Å²) in [5, 5.41) is 7.69. The Morgan fingerprint density at radius 2 is 1.75 bits per heavy atom. The zero-order valence-electron chi connectivity index (χ0n) is 11.5. The largest absolute Gasteiger partial charge is 0.478 e. The van der Waals surface area contributed by atoms with Gasteiger partial charge in [-0.3, -0.25) is 4.79 Å². The molecule has 0 saturated carbocycles. The molecule has 1 aromatic carbocycles. The van der Waals surface area contributed by atoms with E-state index in [1.54, 1.807) is 12.1 Å². The molecular weight excluding hydrogens is 282 g/mol. The van der Waals surface area contributed by atoms with Gasteiger partial charge in [-0.25, -0.2) is 13.2 Å². The summed E-state index contributed by atoms with van der Waals surface area (Å²) in [6.07, 6.45) is 1.02. The quantitative estimate of drug-likeness (QED) is 0.867. The van der Waals surface area contributed by atoms with Crippen molar-refractivity contribution in [2.75, 3.05) is 13.3 Å². The Morgan fingerprint density at radius 1 is 1.25 bits per heavy atom. The Balaban J connectivity index is 2.78. The molecule has 7 heteroatoms. The highest BCUT2D eigenvalue weighted by Gasteiger charge is 2.26. The average Bonchev–Trinajstić information content (AvgIpc) is 2.36. The van der Waals surface area contributed by atoms with E-state index in [1.807, 2.05) is 0 Å². The number of carboxylic acids is 1. The van der Waals surface area contributed by atoms with Gasteiger partial charge in [-0.2, -0.15) is 0 Å². The Hall–Kier alpha value is -1.89. The lowest BCUT2D eigenvalue weighted by Crippen LogP contribution is -2.38. The number of carbonyl (C=O) groups is 2. The molecule has 0 saturated heterocycles. The van der Waals surface area contributed by atoms with Crippen LogP contribution >= 0.6 is 0 Å². The van der Waals surface area contributed by atoms with Crippen LogP contribution < -0.4 is 0 Å². The van der Waals surface area contributed by atoms with Gasteiger partial charge in [-0.1, -0.05) is 12.1 Å². The number of aromatic carboxylic acids is 1. The number of hydrogen-bond acceptors (Lipinski definition) is 4. The number of carbonyl (C=O) groups excluding carboxylic acids is 1. The fraction of sp³-hybridized carbons (Fsp3) is 0.385. The van der Waals surface area contributed by atoms with Crippen LogP contribution in [-0.2, 0) is 21.2 Å². The number of amides is 1. The number of carboxylic acid groups (broad SMARTS) is 1. The molecule has 0 radical (unpaired) electrons. The Morgan fingerprint density at radius 3 is 2.15 bits per heavy atom.